The summed E-state index contributed by atoms with van der Waals surface area (Å²) in [6.07, 6.45) is 4.46. The Morgan fingerprint density at radius 1 is 1.42 bits per heavy atom. The molecule has 1 fully saturated rings. The molecule has 6 nitrogen and oxygen atoms in total. The first-order valence-corrected chi connectivity index (χ1v) is 7.23. The van der Waals surface area contributed by atoms with E-state index in [1.165, 1.54) is 12.1 Å². The van der Waals surface area contributed by atoms with Gasteiger partial charge in [-0.3, -0.25) is 4.79 Å². The van der Waals surface area contributed by atoms with Gasteiger partial charge in [-0.2, -0.15) is 0 Å². The van der Waals surface area contributed by atoms with Gasteiger partial charge in [-0.05, 0) is 42.6 Å². The van der Waals surface area contributed by atoms with Crippen molar-refractivity contribution in [2.24, 2.45) is 5.92 Å². The Bertz CT molecular complexity index is 467. The van der Waals surface area contributed by atoms with Crippen LogP contribution in [0.25, 0.3) is 0 Å². The molecule has 0 spiro atoms. The van der Waals surface area contributed by atoms with Gasteiger partial charge < -0.3 is 15.4 Å². The molecule has 0 aromatic carbocycles. The summed E-state index contributed by atoms with van der Waals surface area (Å²) in [6, 6.07) is 2.73. The van der Waals surface area contributed by atoms with Crippen LogP contribution >= 0.6 is 15.9 Å². The molecule has 0 unspecified atom stereocenters. The van der Waals surface area contributed by atoms with Crippen LogP contribution < -0.4 is 5.32 Å². The number of nitrogens with one attached hydrogen (secondary N) is 2. The second-order valence-electron chi connectivity index (χ2n) is 4.84. The van der Waals surface area contributed by atoms with Crippen LogP contribution in [0.2, 0.25) is 0 Å². The Morgan fingerprint density at radius 3 is 2.68 bits per heavy atom. The molecule has 1 aromatic heterocycles. The Hall–Kier alpha value is -1.37. The summed E-state index contributed by atoms with van der Waals surface area (Å²) in [7, 11) is 0. The van der Waals surface area contributed by atoms with Gasteiger partial charge >= 0.3 is 5.82 Å². The predicted octanol–water partition coefficient (Wildman–Crippen LogP) is 2.61. The molecule has 7 heteroatoms. The minimum atomic E-state index is -0.548. The van der Waals surface area contributed by atoms with Crippen molar-refractivity contribution in [3.05, 3.63) is 27.9 Å². The maximum Gasteiger partial charge on any atom is 0.321 e. The zero-order valence-electron chi connectivity index (χ0n) is 10.4. The fourth-order valence-corrected chi connectivity index (χ4v) is 2.81. The van der Waals surface area contributed by atoms with Crippen LogP contribution in [0.3, 0.4) is 0 Å². The summed E-state index contributed by atoms with van der Waals surface area (Å²) in [5.74, 6) is 0.0571. The molecule has 1 heterocycles. The van der Waals surface area contributed by atoms with Crippen LogP contribution in [0.4, 0.5) is 5.82 Å². The molecule has 0 radical (unpaired) electrons. The average Bonchev–Trinajstić information content (AvgIpc) is 2.87. The van der Waals surface area contributed by atoms with E-state index in [9.17, 15) is 14.9 Å². The molecule has 104 valence electrons. The first-order chi connectivity index (χ1) is 9.06. The lowest BCUT2D eigenvalue weighted by Crippen LogP contribution is -2.31. The highest BCUT2D eigenvalue weighted by Gasteiger charge is 2.21. The molecule has 2 rings (SSSR count). The number of hydrogen-bond donors (Lipinski definition) is 2. The lowest BCUT2D eigenvalue weighted by molar-refractivity contribution is -0.389. The van der Waals surface area contributed by atoms with Gasteiger partial charge in [0.15, 0.2) is 5.69 Å². The summed E-state index contributed by atoms with van der Waals surface area (Å²) < 4.78 is 0. The van der Waals surface area contributed by atoms with Crippen molar-refractivity contribution in [2.45, 2.75) is 30.5 Å². The molecule has 0 atom stereocenters. The van der Waals surface area contributed by atoms with E-state index in [1.807, 2.05) is 0 Å². The maximum atomic E-state index is 11.8. The van der Waals surface area contributed by atoms with Gasteiger partial charge in [0.25, 0.3) is 5.91 Å². The summed E-state index contributed by atoms with van der Waals surface area (Å²) in [6.45, 7) is 0.630. The van der Waals surface area contributed by atoms with Gasteiger partial charge in [0.2, 0.25) is 0 Å². The molecule has 0 bridgehead atoms. The van der Waals surface area contributed by atoms with E-state index < -0.39 is 4.92 Å². The Labute approximate surface area is 119 Å². The predicted molar refractivity (Wildman–Crippen MR) is 74.5 cm³/mol. The summed E-state index contributed by atoms with van der Waals surface area (Å²) >= 11 is 3.59. The highest BCUT2D eigenvalue weighted by molar-refractivity contribution is 9.09. The molecule has 2 N–H and O–H groups in total. The molecule has 0 aliphatic heterocycles. The minimum Gasteiger partial charge on any atom is -0.358 e. The number of nitrogens with zero attached hydrogens (tertiary/aromatic N) is 1. The number of amides is 1. The van der Waals surface area contributed by atoms with Crippen molar-refractivity contribution in [3.63, 3.8) is 0 Å². The number of aromatic amines is 1. The number of carbonyl (C=O) groups is 1. The van der Waals surface area contributed by atoms with E-state index in [0.717, 1.165) is 25.7 Å². The van der Waals surface area contributed by atoms with Gasteiger partial charge in [-0.1, -0.05) is 15.9 Å². The Morgan fingerprint density at radius 2 is 2.11 bits per heavy atom. The topological polar surface area (TPSA) is 88.0 Å². The number of nitro groups is 1. The van der Waals surface area contributed by atoms with Gasteiger partial charge in [-0.15, -0.1) is 0 Å². The second-order valence-corrected chi connectivity index (χ2v) is 6.14. The van der Waals surface area contributed by atoms with E-state index in [-0.39, 0.29) is 17.4 Å². The fraction of sp³-hybridized carbons (Fsp3) is 0.583. The van der Waals surface area contributed by atoms with Crippen molar-refractivity contribution in [1.29, 1.82) is 0 Å². The molecule has 1 amide bonds. The van der Waals surface area contributed by atoms with Crippen LogP contribution in [0.1, 0.15) is 36.2 Å². The molecule has 19 heavy (non-hydrogen) atoms. The Balaban J connectivity index is 1.82. The standard InChI is InChI=1S/C12H16BrN3O3/c13-9-3-1-8(2-4-9)7-14-12(17)10-5-6-11(15-10)16(18)19/h5-6,8-9,15H,1-4,7H2,(H,14,17). The largest absolute Gasteiger partial charge is 0.358 e. The van der Waals surface area contributed by atoms with E-state index in [2.05, 4.69) is 26.2 Å². The fourth-order valence-electron chi connectivity index (χ4n) is 2.28. The van der Waals surface area contributed by atoms with Gasteiger partial charge in [-0.25, -0.2) is 4.98 Å². The van der Waals surface area contributed by atoms with Crippen molar-refractivity contribution < 1.29 is 9.72 Å². The summed E-state index contributed by atoms with van der Waals surface area (Å²) in [5.41, 5.74) is 0.237. The number of aromatic nitrogens is 1. The average molecular weight is 330 g/mol. The van der Waals surface area contributed by atoms with E-state index in [1.54, 1.807) is 0 Å². The molecule has 1 aliphatic rings. The highest BCUT2D eigenvalue weighted by Crippen LogP contribution is 2.28. The van der Waals surface area contributed by atoms with Crippen molar-refractivity contribution in [3.8, 4) is 0 Å². The first kappa shape index (κ1) is 14.0. The SMILES string of the molecule is O=C(NCC1CCC(Br)CC1)c1ccc([N+](=O)[O-])[nH]1. The molecular weight excluding hydrogens is 314 g/mol. The van der Waals surface area contributed by atoms with Crippen LogP contribution in [0, 0.1) is 16.0 Å². The third-order valence-electron chi connectivity index (χ3n) is 3.44. The molecule has 1 saturated carbocycles. The molecule has 1 aliphatic carbocycles. The number of H-pyrrole nitrogens is 1. The van der Waals surface area contributed by atoms with Crippen LogP contribution in [-0.2, 0) is 0 Å². The Kier molecular flexibility index (Phi) is 4.57. The monoisotopic (exact) mass is 329 g/mol. The van der Waals surface area contributed by atoms with Gasteiger partial charge in [0.1, 0.15) is 0 Å². The first-order valence-electron chi connectivity index (χ1n) is 6.32. The summed E-state index contributed by atoms with van der Waals surface area (Å²) in [5, 5.41) is 13.3. The van der Waals surface area contributed by atoms with E-state index in [4.69, 9.17) is 0 Å². The van der Waals surface area contributed by atoms with Gasteiger partial charge in [0, 0.05) is 17.4 Å². The normalized spacial score (nSPS) is 23.0. The van der Waals surface area contributed by atoms with E-state index in [0.29, 0.717) is 17.3 Å². The number of halogens is 1. The molecule has 0 saturated heterocycles. The van der Waals surface area contributed by atoms with Gasteiger partial charge in [0.05, 0.1) is 0 Å². The zero-order valence-corrected chi connectivity index (χ0v) is 12.0. The number of carbonyl (C=O) groups excluding carboxylic acids is 1. The maximum absolute atomic E-state index is 11.8. The van der Waals surface area contributed by atoms with Crippen LogP contribution in [0.15, 0.2) is 12.1 Å². The summed E-state index contributed by atoms with van der Waals surface area (Å²) in [4.78, 5) is 24.9. The molecule has 1 aromatic rings. The minimum absolute atomic E-state index is 0.162. The van der Waals surface area contributed by atoms with E-state index >= 15 is 0 Å². The lowest BCUT2D eigenvalue weighted by atomic mass is 9.89. The quantitative estimate of drug-likeness (QED) is 0.505. The molecular formula is C12H16BrN3O3. The smallest absolute Gasteiger partial charge is 0.321 e. The lowest BCUT2D eigenvalue weighted by Gasteiger charge is -2.25. The second kappa shape index (κ2) is 6.18. The van der Waals surface area contributed by atoms with Crippen LogP contribution in [-0.4, -0.2) is 27.2 Å². The van der Waals surface area contributed by atoms with Crippen molar-refractivity contribution in [2.75, 3.05) is 6.54 Å². The number of hydrogen-bond acceptors (Lipinski definition) is 3. The third kappa shape index (κ3) is 3.79. The number of alkyl halides is 1. The highest BCUT2D eigenvalue weighted by atomic mass is 79.9. The number of rotatable bonds is 4. The zero-order chi connectivity index (χ0) is 13.8. The third-order valence-corrected chi connectivity index (χ3v) is 4.36. The van der Waals surface area contributed by atoms with Crippen LogP contribution in [0.5, 0.6) is 0 Å². The van der Waals surface area contributed by atoms with Crippen molar-refractivity contribution in [1.82, 2.24) is 10.3 Å². The van der Waals surface area contributed by atoms with Crippen molar-refractivity contribution >= 4 is 27.7 Å².